The van der Waals surface area contributed by atoms with Crippen LogP contribution in [0.15, 0.2) is 48.5 Å². The number of aliphatic hydroxyl groups excluding tert-OH is 1. The van der Waals surface area contributed by atoms with Gasteiger partial charge in [0.05, 0.1) is 17.3 Å². The number of hydrogen-bond donors (Lipinski definition) is 2. The summed E-state index contributed by atoms with van der Waals surface area (Å²) < 4.78 is 19.1. The van der Waals surface area contributed by atoms with Crippen molar-refractivity contribution in [3.63, 3.8) is 0 Å². The summed E-state index contributed by atoms with van der Waals surface area (Å²) in [5.41, 5.74) is 2.14. The molecule has 0 unspecified atom stereocenters. The third-order valence-electron chi connectivity index (χ3n) is 6.18. The summed E-state index contributed by atoms with van der Waals surface area (Å²) in [4.78, 5) is 2.45. The molecule has 2 aromatic carbocycles. The largest absolute Gasteiger partial charge is 0.488 e. The lowest BCUT2D eigenvalue weighted by Crippen LogP contribution is -2.42. The lowest BCUT2D eigenvalue weighted by molar-refractivity contribution is -0.0231. The lowest BCUT2D eigenvalue weighted by atomic mass is 9.78. The molecule has 1 aromatic heterocycles. The number of H-pyrrole nitrogens is 1. The van der Waals surface area contributed by atoms with Gasteiger partial charge in [-0.05, 0) is 55.0 Å². The number of aliphatic hydroxyl groups is 1. The number of rotatable bonds is 4. The maximum absolute atomic E-state index is 13.1. The minimum Gasteiger partial charge on any atom is -0.488 e. The Morgan fingerprint density at radius 1 is 1.07 bits per heavy atom. The van der Waals surface area contributed by atoms with E-state index in [0.29, 0.717) is 17.6 Å². The van der Waals surface area contributed by atoms with Gasteiger partial charge in [-0.25, -0.2) is 4.39 Å². The Labute approximate surface area is 163 Å². The molecule has 4 atom stereocenters. The molecule has 1 aliphatic heterocycles. The van der Waals surface area contributed by atoms with E-state index in [4.69, 9.17) is 4.74 Å². The molecule has 3 aromatic rings. The Hall–Kier alpha value is -2.44. The van der Waals surface area contributed by atoms with Gasteiger partial charge < -0.3 is 9.84 Å². The first-order chi connectivity index (χ1) is 13.7. The van der Waals surface area contributed by atoms with Gasteiger partial charge >= 0.3 is 0 Å². The molecule has 2 N–H and O–H groups in total. The molecule has 1 aliphatic carbocycles. The highest BCUT2D eigenvalue weighted by Crippen LogP contribution is 2.38. The van der Waals surface area contributed by atoms with Gasteiger partial charge in [-0.3, -0.25) is 10.00 Å². The highest BCUT2D eigenvalue weighted by molar-refractivity contribution is 5.81. The summed E-state index contributed by atoms with van der Waals surface area (Å²) in [6.07, 6.45) is 0.846. The van der Waals surface area contributed by atoms with Gasteiger partial charge in [-0.15, -0.1) is 0 Å². The zero-order valence-corrected chi connectivity index (χ0v) is 15.6. The van der Waals surface area contributed by atoms with Crippen LogP contribution in [-0.2, 0) is 6.54 Å². The fourth-order valence-electron chi connectivity index (χ4n) is 4.79. The van der Waals surface area contributed by atoms with E-state index in [1.54, 1.807) is 12.1 Å². The predicted octanol–water partition coefficient (Wildman–Crippen LogP) is 3.35. The smallest absolute Gasteiger partial charge is 0.125 e. The molecule has 5 rings (SSSR count). The van der Waals surface area contributed by atoms with E-state index in [-0.39, 0.29) is 11.9 Å². The monoisotopic (exact) mass is 381 g/mol. The van der Waals surface area contributed by atoms with Crippen molar-refractivity contribution in [3.8, 4) is 5.75 Å². The van der Waals surface area contributed by atoms with Crippen LogP contribution in [0.1, 0.15) is 18.5 Å². The third kappa shape index (κ3) is 3.38. The van der Waals surface area contributed by atoms with E-state index in [1.165, 1.54) is 17.5 Å². The van der Waals surface area contributed by atoms with Gasteiger partial charge in [0.25, 0.3) is 0 Å². The summed E-state index contributed by atoms with van der Waals surface area (Å²) in [6, 6.07) is 14.2. The van der Waals surface area contributed by atoms with Crippen LogP contribution in [0.5, 0.6) is 5.75 Å². The van der Waals surface area contributed by atoms with Gasteiger partial charge in [0, 0.05) is 25.0 Å². The fraction of sp³-hybridized carbons (Fsp3) is 0.409. The van der Waals surface area contributed by atoms with Crippen LogP contribution >= 0.6 is 0 Å². The van der Waals surface area contributed by atoms with Crippen molar-refractivity contribution < 1.29 is 14.2 Å². The number of fused-ring (bicyclic) bond motifs is 2. The van der Waals surface area contributed by atoms with E-state index in [1.807, 2.05) is 18.2 Å². The van der Waals surface area contributed by atoms with Crippen LogP contribution < -0.4 is 4.74 Å². The van der Waals surface area contributed by atoms with Gasteiger partial charge in [0.1, 0.15) is 17.7 Å². The van der Waals surface area contributed by atoms with Crippen molar-refractivity contribution in [2.75, 3.05) is 13.1 Å². The average Bonchev–Trinajstić information content (AvgIpc) is 3.28. The molecule has 0 bridgehead atoms. The van der Waals surface area contributed by atoms with Gasteiger partial charge in [-0.2, -0.15) is 5.10 Å². The second-order valence-electron chi connectivity index (χ2n) is 8.08. The van der Waals surface area contributed by atoms with Crippen LogP contribution in [0.25, 0.3) is 10.9 Å². The second-order valence-corrected chi connectivity index (χ2v) is 8.08. The van der Waals surface area contributed by atoms with Crippen molar-refractivity contribution in [1.29, 1.82) is 0 Å². The summed E-state index contributed by atoms with van der Waals surface area (Å²) in [5, 5.41) is 19.3. The molecule has 2 heterocycles. The molecule has 0 spiro atoms. The number of nitrogens with one attached hydrogen (secondary N) is 1. The topological polar surface area (TPSA) is 61.4 Å². The van der Waals surface area contributed by atoms with Crippen LogP contribution in [0.4, 0.5) is 4.39 Å². The lowest BCUT2D eigenvalue weighted by Gasteiger charge is -2.35. The average molecular weight is 381 g/mol. The number of nitrogens with zero attached hydrogens (tertiary/aromatic N) is 2. The molecule has 0 amide bonds. The number of hydrogen-bond acceptors (Lipinski definition) is 4. The van der Waals surface area contributed by atoms with E-state index in [9.17, 15) is 9.50 Å². The zero-order valence-electron chi connectivity index (χ0n) is 15.6. The number of ether oxygens (including phenoxy) is 1. The van der Waals surface area contributed by atoms with Gasteiger partial charge in [0.15, 0.2) is 0 Å². The Bertz CT molecular complexity index is 958. The number of likely N-dealkylation sites (tertiary alicyclic amines) is 1. The molecule has 1 saturated carbocycles. The molecule has 28 heavy (non-hydrogen) atoms. The van der Waals surface area contributed by atoms with Crippen LogP contribution in [0.3, 0.4) is 0 Å². The van der Waals surface area contributed by atoms with Crippen LogP contribution in [-0.4, -0.2) is 45.5 Å². The van der Waals surface area contributed by atoms with E-state index in [0.717, 1.165) is 43.7 Å². The quantitative estimate of drug-likeness (QED) is 0.728. The predicted molar refractivity (Wildman–Crippen MR) is 104 cm³/mol. The first-order valence-electron chi connectivity index (χ1n) is 9.90. The standard InChI is InChI=1S/C22H24FN3O2/c23-16-5-7-17(8-6-16)28-22-10-15-12-26(11-14(15)9-21(22)27)13-20-18-3-1-2-4-19(18)24-25-20/h1-8,14-15,21-22,27H,9-13H2,(H,24,25)/t14-,15+,21+,22+/m0/s1. The first kappa shape index (κ1) is 17.6. The Morgan fingerprint density at radius 3 is 2.64 bits per heavy atom. The van der Waals surface area contributed by atoms with E-state index in [2.05, 4.69) is 21.2 Å². The van der Waals surface area contributed by atoms with Crippen molar-refractivity contribution in [3.05, 3.63) is 60.0 Å². The molecule has 2 fully saturated rings. The number of para-hydroxylation sites is 1. The Balaban J connectivity index is 1.25. The normalized spacial score (nSPS) is 27.8. The molecular weight excluding hydrogens is 357 g/mol. The molecule has 6 heteroatoms. The third-order valence-corrected chi connectivity index (χ3v) is 6.18. The Morgan fingerprint density at radius 2 is 1.82 bits per heavy atom. The molecule has 5 nitrogen and oxygen atoms in total. The number of aromatic nitrogens is 2. The van der Waals surface area contributed by atoms with Crippen molar-refractivity contribution >= 4 is 10.9 Å². The molecular formula is C22H24FN3O2. The summed E-state index contributed by atoms with van der Waals surface area (Å²) in [5.74, 6) is 1.32. The SMILES string of the molecule is O[C@@H]1C[C@H]2CN(Cc3[nH]nc4ccccc34)C[C@H]2C[C@H]1Oc1ccc(F)cc1. The second kappa shape index (κ2) is 7.18. The highest BCUT2D eigenvalue weighted by atomic mass is 19.1. The highest BCUT2D eigenvalue weighted by Gasteiger charge is 2.42. The molecule has 1 saturated heterocycles. The summed E-state index contributed by atoms with van der Waals surface area (Å²) >= 11 is 0. The minimum absolute atomic E-state index is 0.236. The van der Waals surface area contributed by atoms with Crippen LogP contribution in [0, 0.1) is 17.7 Å². The van der Waals surface area contributed by atoms with Gasteiger partial charge in [0.2, 0.25) is 0 Å². The van der Waals surface area contributed by atoms with Gasteiger partial charge in [-0.1, -0.05) is 18.2 Å². The van der Waals surface area contributed by atoms with E-state index < -0.39 is 6.10 Å². The maximum Gasteiger partial charge on any atom is 0.125 e. The van der Waals surface area contributed by atoms with Crippen molar-refractivity contribution in [2.45, 2.75) is 31.6 Å². The fourth-order valence-corrected chi connectivity index (χ4v) is 4.79. The maximum atomic E-state index is 13.1. The Kier molecular flexibility index (Phi) is 4.53. The van der Waals surface area contributed by atoms with Crippen molar-refractivity contribution in [2.24, 2.45) is 11.8 Å². The molecule has 2 aliphatic rings. The number of aromatic amines is 1. The zero-order chi connectivity index (χ0) is 19.1. The van der Waals surface area contributed by atoms with E-state index >= 15 is 0 Å². The molecule has 146 valence electrons. The summed E-state index contributed by atoms with van der Waals surface area (Å²) in [7, 11) is 0. The van der Waals surface area contributed by atoms with Crippen LogP contribution in [0.2, 0.25) is 0 Å². The minimum atomic E-state index is -0.487. The molecule has 0 radical (unpaired) electrons. The van der Waals surface area contributed by atoms with Crippen molar-refractivity contribution in [1.82, 2.24) is 15.1 Å². The number of benzene rings is 2. The summed E-state index contributed by atoms with van der Waals surface area (Å²) in [6.45, 7) is 2.82. The first-order valence-corrected chi connectivity index (χ1v) is 9.90. The number of halogens is 1.